The first-order chi connectivity index (χ1) is 10.8. The quantitative estimate of drug-likeness (QED) is 0.882. The predicted octanol–water partition coefficient (Wildman–Crippen LogP) is 3.36. The topological polar surface area (TPSA) is 45.3 Å². The molecule has 1 N–H and O–H groups in total. The number of rotatable bonds is 3. The van der Waals surface area contributed by atoms with Gasteiger partial charge in [0.1, 0.15) is 0 Å². The molecule has 2 aromatic rings. The molecule has 23 heavy (non-hydrogen) atoms. The first kappa shape index (κ1) is 15.9. The number of H-pyrrole nitrogens is 1. The van der Waals surface area contributed by atoms with Crippen LogP contribution in [0.5, 0.6) is 0 Å². The third-order valence-electron chi connectivity index (χ3n) is 4.38. The molecular formula is C17H20F2N2O2. The zero-order chi connectivity index (χ0) is 16.8. The largest absolute Gasteiger partial charge is 0.465 e. The van der Waals surface area contributed by atoms with E-state index < -0.39 is 5.92 Å². The highest BCUT2D eigenvalue weighted by atomic mass is 19.3. The van der Waals surface area contributed by atoms with Gasteiger partial charge in [-0.05, 0) is 31.0 Å². The Morgan fingerprint density at radius 1 is 1.48 bits per heavy atom. The Balaban J connectivity index is 1.95. The van der Waals surface area contributed by atoms with Crippen molar-refractivity contribution >= 4 is 16.9 Å². The first-order valence-electron chi connectivity index (χ1n) is 7.62. The van der Waals surface area contributed by atoms with Crippen LogP contribution < -0.4 is 0 Å². The molecule has 4 nitrogen and oxygen atoms in total. The number of nitrogens with zero attached hydrogens (tertiary/aromatic N) is 1. The molecule has 6 heteroatoms. The van der Waals surface area contributed by atoms with Crippen LogP contribution in [0.25, 0.3) is 10.9 Å². The van der Waals surface area contributed by atoms with Gasteiger partial charge in [-0.2, -0.15) is 0 Å². The number of carbonyl (C=O) groups excluding carboxylic acids is 1. The fourth-order valence-corrected chi connectivity index (χ4v) is 3.28. The molecular weight excluding hydrogens is 302 g/mol. The van der Waals surface area contributed by atoms with Crippen molar-refractivity contribution in [3.63, 3.8) is 0 Å². The van der Waals surface area contributed by atoms with Crippen molar-refractivity contribution in [1.82, 2.24) is 9.88 Å². The second-order valence-electron chi connectivity index (χ2n) is 6.36. The summed E-state index contributed by atoms with van der Waals surface area (Å²) in [6.45, 7) is 3.12. The smallest absolute Gasteiger partial charge is 0.337 e. The number of hydrogen-bond donors (Lipinski definition) is 1. The van der Waals surface area contributed by atoms with Crippen LogP contribution in [0.4, 0.5) is 8.78 Å². The highest BCUT2D eigenvalue weighted by Crippen LogP contribution is 2.32. The highest BCUT2D eigenvalue weighted by Gasteiger charge is 2.32. The highest BCUT2D eigenvalue weighted by molar-refractivity contribution is 5.95. The summed E-state index contributed by atoms with van der Waals surface area (Å²) in [6.07, 6.45) is 0.711. The molecule has 0 amide bonds. The standard InChI is InChI=1S/C17H20F2N2O2/c1-10-6-13-12-5-4-11(16(22)23-3)7-14(12)20-15(13)8-21(10)9-17(2,18)19/h4-5,7,10,20H,6,8-9H2,1-3H3. The van der Waals surface area contributed by atoms with Crippen LogP contribution in [0.3, 0.4) is 0 Å². The average molecular weight is 322 g/mol. The molecule has 1 aliphatic heterocycles. The van der Waals surface area contributed by atoms with Crippen LogP contribution in [-0.2, 0) is 17.7 Å². The Labute approximate surface area is 133 Å². The van der Waals surface area contributed by atoms with Crippen molar-refractivity contribution in [3.8, 4) is 0 Å². The number of carbonyl (C=O) groups is 1. The van der Waals surface area contributed by atoms with Gasteiger partial charge in [0.2, 0.25) is 0 Å². The van der Waals surface area contributed by atoms with Gasteiger partial charge in [-0.1, -0.05) is 6.07 Å². The van der Waals surface area contributed by atoms with Gasteiger partial charge in [0.15, 0.2) is 0 Å². The minimum atomic E-state index is -2.71. The van der Waals surface area contributed by atoms with Crippen LogP contribution in [0.1, 0.15) is 35.5 Å². The summed E-state index contributed by atoms with van der Waals surface area (Å²) >= 11 is 0. The molecule has 0 bridgehead atoms. The van der Waals surface area contributed by atoms with Crippen LogP contribution >= 0.6 is 0 Å². The summed E-state index contributed by atoms with van der Waals surface area (Å²) in [5.41, 5.74) is 3.42. The Bertz CT molecular complexity index is 749. The lowest BCUT2D eigenvalue weighted by Crippen LogP contribution is -2.44. The van der Waals surface area contributed by atoms with Gasteiger partial charge in [0.05, 0.1) is 19.2 Å². The first-order valence-corrected chi connectivity index (χ1v) is 7.62. The molecule has 0 fully saturated rings. The maximum absolute atomic E-state index is 13.3. The van der Waals surface area contributed by atoms with E-state index in [9.17, 15) is 13.6 Å². The van der Waals surface area contributed by atoms with E-state index in [1.807, 2.05) is 13.0 Å². The molecule has 124 valence electrons. The molecule has 1 aromatic carbocycles. The minimum absolute atomic E-state index is 0.0487. The van der Waals surface area contributed by atoms with Crippen molar-refractivity contribution in [2.24, 2.45) is 0 Å². The molecule has 0 saturated carbocycles. The summed E-state index contributed by atoms with van der Waals surface area (Å²) in [4.78, 5) is 16.7. The number of esters is 1. The number of aromatic amines is 1. The van der Waals surface area contributed by atoms with Crippen molar-refractivity contribution in [2.45, 2.75) is 38.8 Å². The van der Waals surface area contributed by atoms with Crippen LogP contribution in [0, 0.1) is 0 Å². The molecule has 1 aliphatic rings. The molecule has 2 heterocycles. The molecule has 0 spiro atoms. The monoisotopic (exact) mass is 322 g/mol. The van der Waals surface area contributed by atoms with Gasteiger partial charge in [0.25, 0.3) is 5.92 Å². The number of nitrogens with one attached hydrogen (secondary N) is 1. The molecule has 3 rings (SSSR count). The van der Waals surface area contributed by atoms with Gasteiger partial charge in [-0.25, -0.2) is 13.6 Å². The van der Waals surface area contributed by atoms with Gasteiger partial charge < -0.3 is 9.72 Å². The number of methoxy groups -OCH3 is 1. The summed E-state index contributed by atoms with van der Waals surface area (Å²) < 4.78 is 31.4. The van der Waals surface area contributed by atoms with Crippen LogP contribution in [-0.4, -0.2) is 41.5 Å². The SMILES string of the molecule is COC(=O)c1ccc2c3c([nH]c2c1)CN(CC(C)(F)F)C(C)C3. The van der Waals surface area contributed by atoms with E-state index in [-0.39, 0.29) is 18.6 Å². The Kier molecular flexibility index (Phi) is 3.88. The van der Waals surface area contributed by atoms with E-state index in [0.29, 0.717) is 18.5 Å². The Morgan fingerprint density at radius 2 is 2.22 bits per heavy atom. The summed E-state index contributed by atoms with van der Waals surface area (Å²) in [5.74, 6) is -3.10. The lowest BCUT2D eigenvalue weighted by molar-refractivity contribution is -0.0293. The zero-order valence-corrected chi connectivity index (χ0v) is 13.5. The van der Waals surface area contributed by atoms with E-state index in [0.717, 1.165) is 29.1 Å². The zero-order valence-electron chi connectivity index (χ0n) is 13.5. The molecule has 1 aromatic heterocycles. The van der Waals surface area contributed by atoms with Crippen LogP contribution in [0.2, 0.25) is 0 Å². The number of fused-ring (bicyclic) bond motifs is 3. The lowest BCUT2D eigenvalue weighted by Gasteiger charge is -2.35. The van der Waals surface area contributed by atoms with Gasteiger partial charge in [-0.3, -0.25) is 4.90 Å². The fourth-order valence-electron chi connectivity index (χ4n) is 3.28. The number of aromatic nitrogens is 1. The van der Waals surface area contributed by atoms with Gasteiger partial charge in [-0.15, -0.1) is 0 Å². The molecule has 0 saturated heterocycles. The van der Waals surface area contributed by atoms with E-state index >= 15 is 0 Å². The van der Waals surface area contributed by atoms with E-state index in [1.165, 1.54) is 7.11 Å². The number of hydrogen-bond acceptors (Lipinski definition) is 3. The number of ether oxygens (including phenoxy) is 1. The normalized spacial score (nSPS) is 18.9. The third-order valence-corrected chi connectivity index (χ3v) is 4.38. The van der Waals surface area contributed by atoms with Crippen molar-refractivity contribution in [3.05, 3.63) is 35.0 Å². The van der Waals surface area contributed by atoms with Crippen molar-refractivity contribution in [2.75, 3.05) is 13.7 Å². The summed E-state index contributed by atoms with van der Waals surface area (Å²) in [6, 6.07) is 5.43. The van der Waals surface area contributed by atoms with E-state index in [2.05, 4.69) is 4.98 Å². The number of halogens is 2. The van der Waals surface area contributed by atoms with E-state index in [1.54, 1.807) is 17.0 Å². The Hall–Kier alpha value is -1.95. The van der Waals surface area contributed by atoms with Crippen molar-refractivity contribution in [1.29, 1.82) is 0 Å². The third kappa shape index (κ3) is 3.08. The second-order valence-corrected chi connectivity index (χ2v) is 6.36. The number of benzene rings is 1. The second kappa shape index (κ2) is 5.60. The fraction of sp³-hybridized carbons (Fsp3) is 0.471. The van der Waals surface area contributed by atoms with Crippen molar-refractivity contribution < 1.29 is 18.3 Å². The predicted molar refractivity (Wildman–Crippen MR) is 83.8 cm³/mol. The Morgan fingerprint density at radius 3 is 2.87 bits per heavy atom. The summed E-state index contributed by atoms with van der Waals surface area (Å²) in [7, 11) is 1.34. The maximum Gasteiger partial charge on any atom is 0.337 e. The summed E-state index contributed by atoms with van der Waals surface area (Å²) in [5, 5.41) is 1.04. The minimum Gasteiger partial charge on any atom is -0.465 e. The molecule has 0 aliphatic carbocycles. The van der Waals surface area contributed by atoms with Gasteiger partial charge in [0, 0.05) is 36.1 Å². The van der Waals surface area contributed by atoms with E-state index in [4.69, 9.17) is 4.74 Å². The van der Waals surface area contributed by atoms with Crippen LogP contribution in [0.15, 0.2) is 18.2 Å². The average Bonchev–Trinajstić information content (AvgIpc) is 2.82. The molecule has 1 unspecified atom stereocenters. The van der Waals surface area contributed by atoms with Gasteiger partial charge >= 0.3 is 5.97 Å². The molecule has 1 atom stereocenters. The number of alkyl halides is 2. The maximum atomic E-state index is 13.3. The molecule has 0 radical (unpaired) electrons. The lowest BCUT2D eigenvalue weighted by atomic mass is 9.97.